The first-order valence-electron chi connectivity index (χ1n) is 3.44. The van der Waals surface area contributed by atoms with E-state index >= 15 is 0 Å². The molecule has 0 aliphatic carbocycles. The van der Waals surface area contributed by atoms with Gasteiger partial charge in [0.1, 0.15) is 0 Å². The molecule has 60 valence electrons. The van der Waals surface area contributed by atoms with Crippen LogP contribution in [0, 0.1) is 0 Å². The van der Waals surface area contributed by atoms with Crippen molar-refractivity contribution in [1.82, 2.24) is 10.2 Å². The molecule has 0 radical (unpaired) electrons. The number of nitrogens with zero attached hydrogens (tertiary/aromatic N) is 2. The number of nitrogens with two attached hydrogens (primary N) is 1. The van der Waals surface area contributed by atoms with E-state index < -0.39 is 0 Å². The lowest BCUT2D eigenvalue weighted by atomic mass is 10.2. The summed E-state index contributed by atoms with van der Waals surface area (Å²) in [6.45, 7) is 0. The summed E-state index contributed by atoms with van der Waals surface area (Å²) in [5.74, 6) is 0.466. The summed E-state index contributed by atoms with van der Waals surface area (Å²) in [5.41, 5.74) is 5.63. The summed E-state index contributed by atoms with van der Waals surface area (Å²) in [6.07, 6.45) is 1.69. The van der Waals surface area contributed by atoms with Crippen LogP contribution in [0.2, 0.25) is 0 Å². The Morgan fingerprint density at radius 1 is 1.33 bits per heavy atom. The standard InChI is InChI=1S/C8H6BrN3/c9-6-2-1-5-4-11-12-8(10)7(5)3-6/h1-4H,(H2,10,12). The van der Waals surface area contributed by atoms with E-state index in [-0.39, 0.29) is 0 Å². The van der Waals surface area contributed by atoms with Gasteiger partial charge in [-0.2, -0.15) is 5.10 Å². The molecule has 0 amide bonds. The maximum Gasteiger partial charge on any atom is 0.154 e. The molecule has 2 N–H and O–H groups in total. The molecule has 0 aliphatic heterocycles. The van der Waals surface area contributed by atoms with Crippen molar-refractivity contribution < 1.29 is 0 Å². The fraction of sp³-hybridized carbons (Fsp3) is 0. The number of anilines is 1. The van der Waals surface area contributed by atoms with E-state index in [1.165, 1.54) is 0 Å². The van der Waals surface area contributed by atoms with Crippen molar-refractivity contribution in [3.05, 3.63) is 28.9 Å². The summed E-state index contributed by atoms with van der Waals surface area (Å²) >= 11 is 3.36. The highest BCUT2D eigenvalue weighted by Gasteiger charge is 1.98. The van der Waals surface area contributed by atoms with Crippen LogP contribution >= 0.6 is 15.9 Å². The molecule has 1 aromatic carbocycles. The maximum absolute atomic E-state index is 5.63. The molecule has 0 atom stereocenters. The first-order chi connectivity index (χ1) is 5.77. The first kappa shape index (κ1) is 7.49. The molecule has 1 heterocycles. The Hall–Kier alpha value is -1.16. The zero-order chi connectivity index (χ0) is 8.55. The van der Waals surface area contributed by atoms with E-state index in [1.807, 2.05) is 18.2 Å². The lowest BCUT2D eigenvalue weighted by Crippen LogP contribution is -1.93. The fourth-order valence-electron chi connectivity index (χ4n) is 1.07. The van der Waals surface area contributed by atoms with Gasteiger partial charge in [0.25, 0.3) is 0 Å². The van der Waals surface area contributed by atoms with Crippen molar-refractivity contribution in [2.24, 2.45) is 0 Å². The molecule has 4 heteroatoms. The third kappa shape index (κ3) is 1.14. The first-order valence-corrected chi connectivity index (χ1v) is 4.23. The third-order valence-corrected chi connectivity index (χ3v) is 2.15. The molecule has 12 heavy (non-hydrogen) atoms. The second-order valence-corrected chi connectivity index (χ2v) is 3.38. The quantitative estimate of drug-likeness (QED) is 0.744. The number of fused-ring (bicyclic) bond motifs is 1. The average Bonchev–Trinajstić information content (AvgIpc) is 2.07. The Bertz CT molecular complexity index is 428. The molecule has 2 aromatic rings. The minimum absolute atomic E-state index is 0.466. The topological polar surface area (TPSA) is 51.8 Å². The number of aromatic nitrogens is 2. The van der Waals surface area contributed by atoms with Gasteiger partial charge in [-0.25, -0.2) is 0 Å². The van der Waals surface area contributed by atoms with Gasteiger partial charge < -0.3 is 5.73 Å². The molecule has 2 rings (SSSR count). The molecule has 0 saturated heterocycles. The number of halogens is 1. The zero-order valence-electron chi connectivity index (χ0n) is 6.16. The van der Waals surface area contributed by atoms with Crippen molar-refractivity contribution in [3.8, 4) is 0 Å². The highest BCUT2D eigenvalue weighted by atomic mass is 79.9. The van der Waals surface area contributed by atoms with Gasteiger partial charge in [0.05, 0.1) is 6.20 Å². The van der Waals surface area contributed by atoms with Crippen LogP contribution in [0.1, 0.15) is 0 Å². The van der Waals surface area contributed by atoms with Crippen molar-refractivity contribution in [2.75, 3.05) is 5.73 Å². The van der Waals surface area contributed by atoms with Crippen LogP contribution in [0.15, 0.2) is 28.9 Å². The SMILES string of the molecule is Nc1nncc2ccc(Br)cc12. The molecule has 3 nitrogen and oxygen atoms in total. The molecule has 0 aliphatic rings. The summed E-state index contributed by atoms with van der Waals surface area (Å²) in [6, 6.07) is 5.83. The monoisotopic (exact) mass is 223 g/mol. The minimum Gasteiger partial charge on any atom is -0.382 e. The highest BCUT2D eigenvalue weighted by Crippen LogP contribution is 2.21. The van der Waals surface area contributed by atoms with E-state index in [4.69, 9.17) is 5.73 Å². The molecule has 0 unspecified atom stereocenters. The van der Waals surface area contributed by atoms with Gasteiger partial charge in [-0.1, -0.05) is 22.0 Å². The molecule has 0 saturated carbocycles. The summed E-state index contributed by atoms with van der Waals surface area (Å²) in [4.78, 5) is 0. The van der Waals surface area contributed by atoms with E-state index in [1.54, 1.807) is 6.20 Å². The van der Waals surface area contributed by atoms with Crippen molar-refractivity contribution >= 4 is 32.5 Å². The second kappa shape index (κ2) is 2.71. The number of nitrogen functional groups attached to an aromatic ring is 1. The van der Waals surface area contributed by atoms with E-state index in [0.717, 1.165) is 15.2 Å². The second-order valence-electron chi connectivity index (χ2n) is 2.46. The van der Waals surface area contributed by atoms with Crippen molar-refractivity contribution in [1.29, 1.82) is 0 Å². The van der Waals surface area contributed by atoms with E-state index in [2.05, 4.69) is 26.1 Å². The van der Waals surface area contributed by atoms with Crippen LogP contribution in [-0.2, 0) is 0 Å². The van der Waals surface area contributed by atoms with Crippen LogP contribution in [0.25, 0.3) is 10.8 Å². The van der Waals surface area contributed by atoms with Gasteiger partial charge in [-0.3, -0.25) is 0 Å². The number of rotatable bonds is 0. The Kier molecular flexibility index (Phi) is 1.69. The summed E-state index contributed by atoms with van der Waals surface area (Å²) < 4.78 is 0.995. The third-order valence-electron chi connectivity index (χ3n) is 1.65. The fourth-order valence-corrected chi connectivity index (χ4v) is 1.43. The maximum atomic E-state index is 5.63. The van der Waals surface area contributed by atoms with Crippen molar-refractivity contribution in [3.63, 3.8) is 0 Å². The van der Waals surface area contributed by atoms with Crippen LogP contribution in [0.5, 0.6) is 0 Å². The van der Waals surface area contributed by atoms with Gasteiger partial charge in [-0.15, -0.1) is 5.10 Å². The van der Waals surface area contributed by atoms with Crippen LogP contribution in [-0.4, -0.2) is 10.2 Å². The van der Waals surface area contributed by atoms with Gasteiger partial charge in [0, 0.05) is 15.2 Å². The lowest BCUT2D eigenvalue weighted by molar-refractivity contribution is 1.06. The molecular formula is C8H6BrN3. The molecule has 0 fully saturated rings. The van der Waals surface area contributed by atoms with E-state index in [0.29, 0.717) is 5.82 Å². The molecule has 0 spiro atoms. The zero-order valence-corrected chi connectivity index (χ0v) is 7.75. The van der Waals surface area contributed by atoms with Crippen LogP contribution in [0.3, 0.4) is 0 Å². The number of hydrogen-bond donors (Lipinski definition) is 1. The normalized spacial score (nSPS) is 10.4. The summed E-state index contributed by atoms with van der Waals surface area (Å²) in [5, 5.41) is 9.44. The Morgan fingerprint density at radius 2 is 2.17 bits per heavy atom. The van der Waals surface area contributed by atoms with E-state index in [9.17, 15) is 0 Å². The van der Waals surface area contributed by atoms with Gasteiger partial charge in [-0.05, 0) is 12.1 Å². The Morgan fingerprint density at radius 3 is 3.00 bits per heavy atom. The number of benzene rings is 1. The van der Waals surface area contributed by atoms with Gasteiger partial charge in [0.2, 0.25) is 0 Å². The van der Waals surface area contributed by atoms with Crippen LogP contribution in [0.4, 0.5) is 5.82 Å². The summed E-state index contributed by atoms with van der Waals surface area (Å²) in [7, 11) is 0. The molecule has 1 aromatic heterocycles. The minimum atomic E-state index is 0.466. The smallest absolute Gasteiger partial charge is 0.154 e. The lowest BCUT2D eigenvalue weighted by Gasteiger charge is -1.98. The van der Waals surface area contributed by atoms with Gasteiger partial charge in [0.15, 0.2) is 5.82 Å². The molecular weight excluding hydrogens is 218 g/mol. The van der Waals surface area contributed by atoms with Crippen molar-refractivity contribution in [2.45, 2.75) is 0 Å². The predicted octanol–water partition coefficient (Wildman–Crippen LogP) is 1.97. The highest BCUT2D eigenvalue weighted by molar-refractivity contribution is 9.10. The van der Waals surface area contributed by atoms with Crippen LogP contribution < -0.4 is 5.73 Å². The Labute approximate surface area is 77.7 Å². The Balaban J connectivity index is 2.88. The largest absolute Gasteiger partial charge is 0.382 e. The predicted molar refractivity (Wildman–Crippen MR) is 51.7 cm³/mol. The number of hydrogen-bond acceptors (Lipinski definition) is 3. The average molecular weight is 224 g/mol. The van der Waals surface area contributed by atoms with Gasteiger partial charge >= 0.3 is 0 Å². The molecule has 0 bridgehead atoms.